The van der Waals surface area contributed by atoms with Gasteiger partial charge in [-0.2, -0.15) is 0 Å². The van der Waals surface area contributed by atoms with Gasteiger partial charge in [0.25, 0.3) is 19.1 Å². The van der Waals surface area contributed by atoms with Crippen LogP contribution in [0.25, 0.3) is 0 Å². The van der Waals surface area contributed by atoms with E-state index in [9.17, 15) is 9.59 Å². The number of H-pyrrole nitrogens is 1. The van der Waals surface area contributed by atoms with E-state index in [4.69, 9.17) is 26.1 Å². The van der Waals surface area contributed by atoms with Gasteiger partial charge in [-0.15, -0.1) is 0 Å². The number of aryl methyl sites for hydroxylation is 1. The molecular weight excluding hydrogens is 557 g/mol. The third-order valence-electron chi connectivity index (χ3n) is 7.48. The van der Waals surface area contributed by atoms with Crippen LogP contribution in [-0.2, 0) is 13.9 Å². The number of imidazole rings is 1. The van der Waals surface area contributed by atoms with Crippen LogP contribution < -0.4 is 21.6 Å². The third kappa shape index (κ3) is 5.75. The number of benzene rings is 2. The minimum atomic E-state index is -2.87. The van der Waals surface area contributed by atoms with Gasteiger partial charge in [0.2, 0.25) is 0 Å². The Hall–Kier alpha value is -3.64. The van der Waals surface area contributed by atoms with Crippen LogP contribution in [0.15, 0.2) is 95.2 Å². The average Bonchev–Trinajstić information content (AvgIpc) is 3.62. The molecular formula is C30H34N4O5SSi. The standard InChI is InChI=1S/C30H34N4O5SSi/c1-21-18-34(28(36)32-27(21)35)26-17-24(39-29(40)33-16-15-31-20-33)25(38-26)19-37-41(30(2,3)4,22-11-7-5-8-12-22)23-13-9-6-10-14-23/h5-16,18,20,24-26H,17,19H2,1-4H3,(H,32,35,36)/t24-,25+,26+/m0/s1. The van der Waals surface area contributed by atoms with E-state index in [1.807, 2.05) is 36.4 Å². The average molecular weight is 591 g/mol. The summed E-state index contributed by atoms with van der Waals surface area (Å²) in [6.45, 7) is 8.49. The molecule has 41 heavy (non-hydrogen) atoms. The van der Waals surface area contributed by atoms with Gasteiger partial charge in [-0.1, -0.05) is 81.4 Å². The summed E-state index contributed by atoms with van der Waals surface area (Å²) in [6.07, 6.45) is 4.99. The molecule has 5 rings (SSSR count). The van der Waals surface area contributed by atoms with Crippen molar-refractivity contribution in [1.29, 1.82) is 0 Å². The summed E-state index contributed by atoms with van der Waals surface area (Å²) in [5, 5.41) is 2.28. The second-order valence-electron chi connectivity index (χ2n) is 11.2. The van der Waals surface area contributed by atoms with Gasteiger partial charge in [0.05, 0.1) is 6.61 Å². The molecule has 0 amide bonds. The van der Waals surface area contributed by atoms with Crippen LogP contribution in [0, 0.1) is 6.92 Å². The molecule has 4 aromatic rings. The van der Waals surface area contributed by atoms with E-state index in [-0.39, 0.29) is 16.8 Å². The summed E-state index contributed by atoms with van der Waals surface area (Å²) in [5.74, 6) is 0. The summed E-state index contributed by atoms with van der Waals surface area (Å²) in [7, 11) is -2.87. The van der Waals surface area contributed by atoms with Gasteiger partial charge in [0, 0.05) is 30.6 Å². The molecule has 1 fully saturated rings. The van der Waals surface area contributed by atoms with E-state index in [2.05, 4.69) is 55.0 Å². The zero-order chi connectivity index (χ0) is 29.2. The van der Waals surface area contributed by atoms with Crippen molar-refractivity contribution in [1.82, 2.24) is 19.1 Å². The minimum absolute atomic E-state index is 0.206. The maximum absolute atomic E-state index is 12.7. The zero-order valence-corrected chi connectivity index (χ0v) is 25.3. The highest BCUT2D eigenvalue weighted by molar-refractivity contribution is 7.80. The summed E-state index contributed by atoms with van der Waals surface area (Å²) in [4.78, 5) is 31.2. The minimum Gasteiger partial charge on any atom is -0.464 e. The van der Waals surface area contributed by atoms with Crippen LogP contribution in [-0.4, -0.2) is 51.4 Å². The molecule has 9 nitrogen and oxygen atoms in total. The van der Waals surface area contributed by atoms with Crippen LogP contribution in [0.1, 0.15) is 39.0 Å². The van der Waals surface area contributed by atoms with E-state index in [1.54, 1.807) is 30.2 Å². The topological polar surface area (TPSA) is 100 Å². The molecule has 0 bridgehead atoms. The smallest absolute Gasteiger partial charge is 0.330 e. The Labute approximate surface area is 244 Å². The molecule has 0 aliphatic carbocycles. The number of hydrogen-bond donors (Lipinski definition) is 1. The van der Waals surface area contributed by atoms with Gasteiger partial charge >= 0.3 is 5.69 Å². The van der Waals surface area contributed by atoms with E-state index in [1.165, 1.54) is 10.8 Å². The second kappa shape index (κ2) is 11.7. The normalized spacial score (nSPS) is 19.3. The van der Waals surface area contributed by atoms with Gasteiger partial charge in [-0.3, -0.25) is 18.9 Å². The number of ether oxygens (including phenoxy) is 2. The molecule has 1 aliphatic heterocycles. The Kier molecular flexibility index (Phi) is 8.23. The lowest BCUT2D eigenvalue weighted by molar-refractivity contribution is -0.0406. The van der Waals surface area contributed by atoms with Crippen LogP contribution in [0.4, 0.5) is 0 Å². The van der Waals surface area contributed by atoms with Crippen LogP contribution in [0.3, 0.4) is 0 Å². The van der Waals surface area contributed by atoms with E-state index < -0.39 is 38.0 Å². The Morgan fingerprint density at radius 1 is 1.10 bits per heavy atom. The molecule has 214 valence electrons. The molecule has 1 saturated heterocycles. The van der Waals surface area contributed by atoms with Gasteiger partial charge in [0.15, 0.2) is 0 Å². The maximum atomic E-state index is 12.7. The van der Waals surface area contributed by atoms with E-state index >= 15 is 0 Å². The first kappa shape index (κ1) is 28.9. The highest BCUT2D eigenvalue weighted by atomic mass is 32.1. The highest BCUT2D eigenvalue weighted by Gasteiger charge is 2.51. The number of rotatable bonds is 7. The number of thiocarbonyl (C=S) groups is 1. The molecule has 3 heterocycles. The molecule has 0 spiro atoms. The highest BCUT2D eigenvalue weighted by Crippen LogP contribution is 2.38. The van der Waals surface area contributed by atoms with Gasteiger partial charge in [-0.25, -0.2) is 9.78 Å². The SMILES string of the molecule is Cc1cn([C@H]2C[C@H](OC(=S)n3ccnc3)[C@@H](CO[Si](c3ccccc3)(c3ccccc3)C(C)(C)C)O2)c(=O)[nH]c1=O. The number of aromatic amines is 1. The Morgan fingerprint density at radius 3 is 2.29 bits per heavy atom. The summed E-state index contributed by atoms with van der Waals surface area (Å²) >= 11 is 5.55. The summed E-state index contributed by atoms with van der Waals surface area (Å²) in [6, 6.07) is 20.7. The molecule has 0 radical (unpaired) electrons. The van der Waals surface area contributed by atoms with Crippen molar-refractivity contribution < 1.29 is 13.9 Å². The lowest BCUT2D eigenvalue weighted by Gasteiger charge is -2.43. The van der Waals surface area contributed by atoms with E-state index in [0.29, 0.717) is 12.0 Å². The number of nitrogens with one attached hydrogen (secondary N) is 1. The molecule has 11 heteroatoms. The van der Waals surface area contributed by atoms with Crippen molar-refractivity contribution in [2.45, 2.75) is 57.6 Å². The van der Waals surface area contributed by atoms with Crippen molar-refractivity contribution >= 4 is 36.1 Å². The molecule has 3 atom stereocenters. The fourth-order valence-electron chi connectivity index (χ4n) is 5.47. The lowest BCUT2D eigenvalue weighted by atomic mass is 10.2. The Bertz CT molecular complexity index is 1560. The number of hydrogen-bond acceptors (Lipinski definition) is 7. The van der Waals surface area contributed by atoms with Crippen LogP contribution in [0.5, 0.6) is 0 Å². The first-order chi connectivity index (χ1) is 19.6. The fraction of sp³-hybridized carbons (Fsp3) is 0.333. The van der Waals surface area contributed by atoms with Crippen molar-refractivity contribution in [2.24, 2.45) is 0 Å². The van der Waals surface area contributed by atoms with Crippen molar-refractivity contribution in [3.05, 3.63) is 112 Å². The first-order valence-electron chi connectivity index (χ1n) is 13.5. The van der Waals surface area contributed by atoms with Crippen LogP contribution in [0.2, 0.25) is 5.04 Å². The lowest BCUT2D eigenvalue weighted by Crippen LogP contribution is -2.67. The molecule has 0 saturated carbocycles. The molecule has 1 aliphatic rings. The van der Waals surface area contributed by atoms with Crippen LogP contribution >= 0.6 is 12.2 Å². The number of nitrogens with zero attached hydrogens (tertiary/aromatic N) is 3. The molecule has 2 aromatic carbocycles. The largest absolute Gasteiger partial charge is 0.464 e. The second-order valence-corrected chi connectivity index (χ2v) is 15.9. The Balaban J connectivity index is 1.51. The quantitative estimate of drug-likeness (QED) is 0.261. The predicted octanol–water partition coefficient (Wildman–Crippen LogP) is 3.12. The molecule has 0 unspecified atom stereocenters. The summed E-state index contributed by atoms with van der Waals surface area (Å²) in [5.41, 5.74) is -0.563. The third-order valence-corrected chi connectivity index (χ3v) is 12.8. The van der Waals surface area contributed by atoms with Crippen molar-refractivity contribution in [3.8, 4) is 0 Å². The van der Waals surface area contributed by atoms with Crippen molar-refractivity contribution in [3.63, 3.8) is 0 Å². The van der Waals surface area contributed by atoms with Crippen molar-refractivity contribution in [2.75, 3.05) is 6.61 Å². The number of aromatic nitrogens is 4. The Morgan fingerprint density at radius 2 is 1.73 bits per heavy atom. The first-order valence-corrected chi connectivity index (χ1v) is 15.8. The van der Waals surface area contributed by atoms with E-state index in [0.717, 1.165) is 10.4 Å². The predicted molar refractivity (Wildman–Crippen MR) is 163 cm³/mol. The maximum Gasteiger partial charge on any atom is 0.330 e. The van der Waals surface area contributed by atoms with Gasteiger partial charge in [0.1, 0.15) is 24.8 Å². The van der Waals surface area contributed by atoms with Gasteiger partial charge in [-0.05, 0) is 34.6 Å². The fourth-order valence-corrected chi connectivity index (χ4v) is 10.3. The molecule has 1 N–H and O–H groups in total. The molecule has 2 aromatic heterocycles. The van der Waals surface area contributed by atoms with Gasteiger partial charge < -0.3 is 13.9 Å². The summed E-state index contributed by atoms with van der Waals surface area (Å²) < 4.78 is 22.9. The zero-order valence-electron chi connectivity index (χ0n) is 23.5. The monoisotopic (exact) mass is 590 g/mol.